The van der Waals surface area contributed by atoms with E-state index in [0.29, 0.717) is 16.9 Å². The predicted octanol–water partition coefficient (Wildman–Crippen LogP) is 2.73. The lowest BCUT2D eigenvalue weighted by molar-refractivity contribution is 0.0636. The molecule has 0 radical (unpaired) electrons. The van der Waals surface area contributed by atoms with Crippen LogP contribution in [0.2, 0.25) is 0 Å². The third-order valence-electron chi connectivity index (χ3n) is 3.59. The number of hydrazine groups is 1. The summed E-state index contributed by atoms with van der Waals surface area (Å²) in [5.74, 6) is -0.00202. The molecule has 0 aliphatic rings. The summed E-state index contributed by atoms with van der Waals surface area (Å²) >= 11 is 0. The molecule has 1 N–H and O–H groups in total. The molecule has 0 spiro atoms. The highest BCUT2D eigenvalue weighted by atomic mass is 16.5. The summed E-state index contributed by atoms with van der Waals surface area (Å²) in [6.45, 7) is 3.71. The zero-order chi connectivity index (χ0) is 17.0. The molecule has 0 aliphatic carbocycles. The van der Waals surface area contributed by atoms with Gasteiger partial charge in [0.25, 0.3) is 11.8 Å². The summed E-state index contributed by atoms with van der Waals surface area (Å²) in [7, 11) is 3.08. The van der Waals surface area contributed by atoms with Gasteiger partial charge in [-0.15, -0.1) is 0 Å². The smallest absolute Gasteiger partial charge is 0.272 e. The number of nitrogens with one attached hydrogen (secondary N) is 1. The van der Waals surface area contributed by atoms with Crippen LogP contribution in [0, 0.1) is 13.8 Å². The van der Waals surface area contributed by atoms with Crippen LogP contribution >= 0.6 is 0 Å². The van der Waals surface area contributed by atoms with Gasteiger partial charge in [-0.1, -0.05) is 23.8 Å². The highest BCUT2D eigenvalue weighted by molar-refractivity contribution is 6.00. The summed E-state index contributed by atoms with van der Waals surface area (Å²) in [4.78, 5) is 24.7. The molecule has 2 aromatic rings. The van der Waals surface area contributed by atoms with E-state index in [2.05, 4.69) is 5.43 Å². The van der Waals surface area contributed by atoms with Crippen molar-refractivity contribution in [2.75, 3.05) is 14.2 Å². The first-order chi connectivity index (χ1) is 10.9. The molecule has 2 rings (SSSR count). The van der Waals surface area contributed by atoms with Gasteiger partial charge in [0.05, 0.1) is 7.11 Å². The van der Waals surface area contributed by atoms with Gasteiger partial charge in [-0.25, -0.2) is 0 Å². The first kappa shape index (κ1) is 16.5. The molecule has 23 heavy (non-hydrogen) atoms. The van der Waals surface area contributed by atoms with Crippen molar-refractivity contribution in [1.29, 1.82) is 0 Å². The molecule has 0 bridgehead atoms. The fourth-order valence-corrected chi connectivity index (χ4v) is 2.32. The van der Waals surface area contributed by atoms with E-state index in [1.165, 1.54) is 12.1 Å². The fourth-order valence-electron chi connectivity index (χ4n) is 2.32. The second kappa shape index (κ2) is 6.96. The molecule has 5 heteroatoms. The van der Waals surface area contributed by atoms with Gasteiger partial charge < -0.3 is 4.74 Å². The monoisotopic (exact) mass is 312 g/mol. The third kappa shape index (κ3) is 3.69. The Morgan fingerprint density at radius 3 is 2.43 bits per heavy atom. The van der Waals surface area contributed by atoms with Crippen LogP contribution < -0.4 is 10.2 Å². The van der Waals surface area contributed by atoms with Crippen molar-refractivity contribution >= 4 is 11.8 Å². The van der Waals surface area contributed by atoms with Crippen LogP contribution in [0.5, 0.6) is 5.75 Å². The summed E-state index contributed by atoms with van der Waals surface area (Å²) in [5, 5.41) is 1.19. The molecular formula is C18H20N2O3. The summed E-state index contributed by atoms with van der Waals surface area (Å²) in [5.41, 5.74) is 5.30. The number of nitrogens with zero attached hydrogens (tertiary/aromatic N) is 1. The average Bonchev–Trinajstić information content (AvgIpc) is 2.54. The number of hydrogen-bond donors (Lipinski definition) is 1. The Morgan fingerprint density at radius 2 is 1.78 bits per heavy atom. The SMILES string of the molecule is COc1cccc(C(=O)NN(C)C(=O)c2cccc(C)c2)c1C. The van der Waals surface area contributed by atoms with Crippen LogP contribution in [-0.4, -0.2) is 31.0 Å². The van der Waals surface area contributed by atoms with Gasteiger partial charge in [-0.2, -0.15) is 0 Å². The first-order valence-electron chi connectivity index (χ1n) is 7.23. The van der Waals surface area contributed by atoms with Crippen LogP contribution in [0.4, 0.5) is 0 Å². The van der Waals surface area contributed by atoms with E-state index < -0.39 is 0 Å². The van der Waals surface area contributed by atoms with Crippen LogP contribution in [0.15, 0.2) is 42.5 Å². The maximum atomic E-state index is 12.4. The second-order valence-electron chi connectivity index (χ2n) is 5.31. The Labute approximate surface area is 135 Å². The van der Waals surface area contributed by atoms with Crippen LogP contribution in [-0.2, 0) is 0 Å². The molecule has 0 saturated carbocycles. The molecule has 5 nitrogen and oxygen atoms in total. The average molecular weight is 312 g/mol. The molecule has 0 aromatic heterocycles. The van der Waals surface area contributed by atoms with E-state index in [9.17, 15) is 9.59 Å². The number of hydrogen-bond acceptors (Lipinski definition) is 3. The number of carbonyl (C=O) groups excluding carboxylic acids is 2. The largest absolute Gasteiger partial charge is 0.496 e. The number of aryl methyl sites for hydroxylation is 1. The van der Waals surface area contributed by atoms with Crippen LogP contribution in [0.3, 0.4) is 0 Å². The van der Waals surface area contributed by atoms with Gasteiger partial charge in [0, 0.05) is 23.7 Å². The minimum absolute atomic E-state index is 0.275. The highest BCUT2D eigenvalue weighted by Crippen LogP contribution is 2.20. The molecule has 0 heterocycles. The topological polar surface area (TPSA) is 58.6 Å². The van der Waals surface area contributed by atoms with Crippen molar-refractivity contribution in [1.82, 2.24) is 10.4 Å². The van der Waals surface area contributed by atoms with Crippen molar-refractivity contribution in [3.63, 3.8) is 0 Å². The Hall–Kier alpha value is -2.82. The molecule has 2 amide bonds. The minimum Gasteiger partial charge on any atom is -0.496 e. The first-order valence-corrected chi connectivity index (χ1v) is 7.23. The summed E-state index contributed by atoms with van der Waals surface area (Å²) in [6.07, 6.45) is 0. The van der Waals surface area contributed by atoms with E-state index in [1.807, 2.05) is 19.1 Å². The maximum Gasteiger partial charge on any atom is 0.272 e. The molecule has 0 saturated heterocycles. The van der Waals surface area contributed by atoms with Gasteiger partial charge >= 0.3 is 0 Å². The zero-order valence-corrected chi connectivity index (χ0v) is 13.7. The van der Waals surface area contributed by atoms with Gasteiger partial charge in [-0.05, 0) is 38.1 Å². The van der Waals surface area contributed by atoms with E-state index in [-0.39, 0.29) is 11.8 Å². The normalized spacial score (nSPS) is 10.1. The Bertz CT molecular complexity index is 741. The van der Waals surface area contributed by atoms with Crippen molar-refractivity contribution in [3.8, 4) is 5.75 Å². The van der Waals surface area contributed by atoms with Gasteiger partial charge in [0.2, 0.25) is 0 Å². The highest BCUT2D eigenvalue weighted by Gasteiger charge is 2.17. The Kier molecular flexibility index (Phi) is 5.01. The van der Waals surface area contributed by atoms with Crippen LogP contribution in [0.1, 0.15) is 31.8 Å². The van der Waals surface area contributed by atoms with Gasteiger partial charge in [0.15, 0.2) is 0 Å². The molecule has 0 atom stereocenters. The molecular weight excluding hydrogens is 292 g/mol. The molecule has 0 fully saturated rings. The number of methoxy groups -OCH3 is 1. The van der Waals surface area contributed by atoms with E-state index in [0.717, 1.165) is 11.1 Å². The maximum absolute atomic E-state index is 12.4. The Balaban J connectivity index is 2.15. The van der Waals surface area contributed by atoms with E-state index in [4.69, 9.17) is 4.74 Å². The summed E-state index contributed by atoms with van der Waals surface area (Å²) in [6, 6.07) is 12.4. The van der Waals surface area contributed by atoms with Crippen LogP contribution in [0.25, 0.3) is 0 Å². The van der Waals surface area contributed by atoms with Gasteiger partial charge in [-0.3, -0.25) is 20.0 Å². The second-order valence-corrected chi connectivity index (χ2v) is 5.31. The molecule has 0 unspecified atom stereocenters. The van der Waals surface area contributed by atoms with E-state index >= 15 is 0 Å². The number of benzene rings is 2. The predicted molar refractivity (Wildman–Crippen MR) is 88.5 cm³/mol. The molecule has 120 valence electrons. The molecule has 0 aliphatic heterocycles. The lowest BCUT2D eigenvalue weighted by Gasteiger charge is -2.19. The van der Waals surface area contributed by atoms with Crippen molar-refractivity contribution in [2.45, 2.75) is 13.8 Å². The molecule has 2 aromatic carbocycles. The number of ether oxygens (including phenoxy) is 1. The zero-order valence-electron chi connectivity index (χ0n) is 13.7. The lowest BCUT2D eigenvalue weighted by Crippen LogP contribution is -2.43. The minimum atomic E-state index is -0.357. The lowest BCUT2D eigenvalue weighted by atomic mass is 10.1. The Morgan fingerprint density at radius 1 is 1.09 bits per heavy atom. The quantitative estimate of drug-likeness (QED) is 0.887. The number of rotatable bonds is 3. The number of amides is 2. The van der Waals surface area contributed by atoms with Crippen molar-refractivity contribution in [2.24, 2.45) is 0 Å². The van der Waals surface area contributed by atoms with E-state index in [1.54, 1.807) is 44.4 Å². The van der Waals surface area contributed by atoms with Crippen molar-refractivity contribution in [3.05, 3.63) is 64.7 Å². The number of carbonyl (C=O) groups is 2. The van der Waals surface area contributed by atoms with Gasteiger partial charge in [0.1, 0.15) is 5.75 Å². The fraction of sp³-hybridized carbons (Fsp3) is 0.222. The van der Waals surface area contributed by atoms with Crippen molar-refractivity contribution < 1.29 is 14.3 Å². The summed E-state index contributed by atoms with van der Waals surface area (Å²) < 4.78 is 5.21. The third-order valence-corrected chi connectivity index (χ3v) is 3.59. The standard InChI is InChI=1S/C18H20N2O3/c1-12-7-5-8-14(11-12)18(22)20(3)19-17(21)15-9-6-10-16(23-4)13(15)2/h5-11H,1-4H3,(H,19,21).